The minimum absolute atomic E-state index is 0.104. The monoisotopic (exact) mass is 326 g/mol. The minimum atomic E-state index is -0.104. The quantitative estimate of drug-likeness (QED) is 0.784. The minimum Gasteiger partial charge on any atom is -0.350 e. The van der Waals surface area contributed by atoms with Gasteiger partial charge in [-0.25, -0.2) is 9.97 Å². The molecule has 1 saturated carbocycles. The maximum absolute atomic E-state index is 12.5. The SMILES string of the molecule is Cc1nc(CCNC(=O)c2nc(C3CC3)n3ccccc23)cs1. The molecule has 1 aliphatic rings. The molecule has 1 amide bonds. The van der Waals surface area contributed by atoms with Crippen molar-refractivity contribution in [2.75, 3.05) is 6.54 Å². The molecule has 6 heteroatoms. The topological polar surface area (TPSA) is 59.3 Å². The Kier molecular flexibility index (Phi) is 3.61. The number of pyridine rings is 1. The van der Waals surface area contributed by atoms with Gasteiger partial charge in [-0.3, -0.25) is 4.79 Å². The fourth-order valence-corrected chi connectivity index (χ4v) is 3.42. The van der Waals surface area contributed by atoms with Crippen molar-refractivity contribution in [3.05, 3.63) is 52.0 Å². The van der Waals surface area contributed by atoms with Crippen molar-refractivity contribution in [2.45, 2.75) is 32.1 Å². The summed E-state index contributed by atoms with van der Waals surface area (Å²) >= 11 is 1.64. The van der Waals surface area contributed by atoms with E-state index in [2.05, 4.69) is 19.7 Å². The maximum atomic E-state index is 12.5. The number of aromatic nitrogens is 3. The van der Waals surface area contributed by atoms with E-state index in [0.29, 0.717) is 18.2 Å². The summed E-state index contributed by atoms with van der Waals surface area (Å²) in [5, 5.41) is 6.07. The van der Waals surface area contributed by atoms with Gasteiger partial charge in [0.25, 0.3) is 5.91 Å². The number of nitrogens with one attached hydrogen (secondary N) is 1. The van der Waals surface area contributed by atoms with Gasteiger partial charge < -0.3 is 9.72 Å². The van der Waals surface area contributed by atoms with Crippen LogP contribution < -0.4 is 5.32 Å². The van der Waals surface area contributed by atoms with E-state index < -0.39 is 0 Å². The number of carbonyl (C=O) groups is 1. The van der Waals surface area contributed by atoms with Crippen LogP contribution in [0.4, 0.5) is 0 Å². The van der Waals surface area contributed by atoms with Gasteiger partial charge in [0.2, 0.25) is 0 Å². The van der Waals surface area contributed by atoms with Crippen molar-refractivity contribution in [1.82, 2.24) is 19.7 Å². The highest BCUT2D eigenvalue weighted by Gasteiger charge is 2.30. The molecular weight excluding hydrogens is 308 g/mol. The van der Waals surface area contributed by atoms with Crippen LogP contribution in [0.1, 0.15) is 45.8 Å². The second-order valence-electron chi connectivity index (χ2n) is 5.91. The highest BCUT2D eigenvalue weighted by Crippen LogP contribution is 2.39. The third-order valence-electron chi connectivity index (χ3n) is 4.07. The van der Waals surface area contributed by atoms with Crippen LogP contribution >= 0.6 is 11.3 Å². The van der Waals surface area contributed by atoms with Crippen LogP contribution in [-0.2, 0) is 6.42 Å². The summed E-state index contributed by atoms with van der Waals surface area (Å²) in [4.78, 5) is 21.5. The van der Waals surface area contributed by atoms with Gasteiger partial charge in [0, 0.05) is 30.5 Å². The van der Waals surface area contributed by atoms with Crippen molar-refractivity contribution in [1.29, 1.82) is 0 Å². The number of fused-ring (bicyclic) bond motifs is 1. The first-order valence-corrected chi connectivity index (χ1v) is 8.76. The van der Waals surface area contributed by atoms with Gasteiger partial charge in [-0.15, -0.1) is 11.3 Å². The molecule has 0 radical (unpaired) electrons. The number of thiazole rings is 1. The van der Waals surface area contributed by atoms with Crippen molar-refractivity contribution in [3.8, 4) is 0 Å². The van der Waals surface area contributed by atoms with Gasteiger partial charge in [0.15, 0.2) is 5.69 Å². The molecule has 1 aliphatic carbocycles. The summed E-state index contributed by atoms with van der Waals surface area (Å²) in [6.07, 6.45) is 5.07. The second kappa shape index (κ2) is 5.77. The van der Waals surface area contributed by atoms with Crippen molar-refractivity contribution in [2.24, 2.45) is 0 Å². The van der Waals surface area contributed by atoms with Crippen LogP contribution in [0.3, 0.4) is 0 Å². The Balaban J connectivity index is 1.50. The molecule has 0 atom stereocenters. The summed E-state index contributed by atoms with van der Waals surface area (Å²) in [6.45, 7) is 2.57. The van der Waals surface area contributed by atoms with Crippen molar-refractivity contribution < 1.29 is 4.79 Å². The lowest BCUT2D eigenvalue weighted by Gasteiger charge is -2.02. The van der Waals surface area contributed by atoms with Crippen LogP contribution in [0.25, 0.3) is 5.52 Å². The van der Waals surface area contributed by atoms with E-state index >= 15 is 0 Å². The number of rotatable bonds is 5. The Morgan fingerprint density at radius 1 is 1.39 bits per heavy atom. The molecule has 0 aromatic carbocycles. The van der Waals surface area contributed by atoms with E-state index in [1.54, 1.807) is 11.3 Å². The first kappa shape index (κ1) is 14.4. The number of nitrogens with zero attached hydrogens (tertiary/aromatic N) is 3. The lowest BCUT2D eigenvalue weighted by atomic mass is 10.3. The molecule has 3 heterocycles. The molecule has 0 bridgehead atoms. The van der Waals surface area contributed by atoms with Crippen LogP contribution in [0.15, 0.2) is 29.8 Å². The molecule has 118 valence electrons. The number of amides is 1. The molecular formula is C17H18N4OS. The van der Waals surface area contributed by atoms with E-state index in [4.69, 9.17) is 0 Å². The lowest BCUT2D eigenvalue weighted by Crippen LogP contribution is -2.26. The first-order valence-electron chi connectivity index (χ1n) is 7.88. The van der Waals surface area contributed by atoms with Crippen LogP contribution in [-0.4, -0.2) is 26.8 Å². The zero-order valence-electron chi connectivity index (χ0n) is 13.0. The maximum Gasteiger partial charge on any atom is 0.272 e. The molecule has 0 aliphatic heterocycles. The van der Waals surface area contributed by atoms with Crippen molar-refractivity contribution in [3.63, 3.8) is 0 Å². The second-order valence-corrected chi connectivity index (χ2v) is 6.97. The largest absolute Gasteiger partial charge is 0.350 e. The van der Waals surface area contributed by atoms with E-state index in [0.717, 1.165) is 41.3 Å². The Labute approximate surface area is 138 Å². The molecule has 5 nitrogen and oxygen atoms in total. The zero-order valence-corrected chi connectivity index (χ0v) is 13.8. The number of hydrogen-bond acceptors (Lipinski definition) is 4. The molecule has 0 unspecified atom stereocenters. The predicted molar refractivity (Wildman–Crippen MR) is 90.1 cm³/mol. The Morgan fingerprint density at radius 3 is 3.00 bits per heavy atom. The van der Waals surface area contributed by atoms with Gasteiger partial charge in [0.05, 0.1) is 16.2 Å². The van der Waals surface area contributed by atoms with Gasteiger partial charge in [-0.05, 0) is 31.9 Å². The van der Waals surface area contributed by atoms with Crippen LogP contribution in [0.2, 0.25) is 0 Å². The van der Waals surface area contributed by atoms with Crippen LogP contribution in [0.5, 0.6) is 0 Å². The summed E-state index contributed by atoms with van der Waals surface area (Å²) in [5.41, 5.74) is 2.44. The standard InChI is InChI=1S/C17H18N4OS/c1-11-19-13(10-23-11)7-8-18-17(22)15-14-4-2-3-9-21(14)16(20-15)12-5-6-12/h2-4,9-10,12H,5-8H2,1H3,(H,18,22). The van der Waals surface area contributed by atoms with E-state index in [-0.39, 0.29) is 5.91 Å². The molecule has 1 fully saturated rings. The average molecular weight is 326 g/mol. The molecule has 1 N–H and O–H groups in total. The molecule has 3 aromatic rings. The normalized spacial score (nSPS) is 14.3. The number of hydrogen-bond donors (Lipinski definition) is 1. The first-order chi connectivity index (χ1) is 11.2. The number of carbonyl (C=O) groups excluding carboxylic acids is 1. The van der Waals surface area contributed by atoms with Gasteiger partial charge >= 0.3 is 0 Å². The summed E-state index contributed by atoms with van der Waals surface area (Å²) in [6, 6.07) is 5.88. The molecule has 0 spiro atoms. The van der Waals surface area contributed by atoms with Gasteiger partial charge in [0.1, 0.15) is 5.82 Å². The van der Waals surface area contributed by atoms with Crippen molar-refractivity contribution >= 4 is 22.8 Å². The molecule has 3 aromatic heterocycles. The predicted octanol–water partition coefficient (Wildman–Crippen LogP) is 2.95. The van der Waals surface area contributed by atoms with E-state index in [1.807, 2.05) is 36.7 Å². The molecule has 0 saturated heterocycles. The highest BCUT2D eigenvalue weighted by atomic mass is 32.1. The lowest BCUT2D eigenvalue weighted by molar-refractivity contribution is 0.0951. The summed E-state index contributed by atoms with van der Waals surface area (Å²) < 4.78 is 2.05. The van der Waals surface area contributed by atoms with Gasteiger partial charge in [-0.1, -0.05) is 6.07 Å². The van der Waals surface area contributed by atoms with E-state index in [1.165, 1.54) is 0 Å². The zero-order chi connectivity index (χ0) is 15.8. The number of aryl methyl sites for hydroxylation is 1. The Bertz CT molecular complexity index is 862. The van der Waals surface area contributed by atoms with E-state index in [9.17, 15) is 4.79 Å². The fourth-order valence-electron chi connectivity index (χ4n) is 2.77. The summed E-state index contributed by atoms with van der Waals surface area (Å²) in [5.74, 6) is 1.41. The van der Waals surface area contributed by atoms with Gasteiger partial charge in [-0.2, -0.15) is 0 Å². The smallest absolute Gasteiger partial charge is 0.272 e. The molecule has 23 heavy (non-hydrogen) atoms. The Morgan fingerprint density at radius 2 is 2.26 bits per heavy atom. The fraction of sp³-hybridized carbons (Fsp3) is 0.353. The third kappa shape index (κ3) is 2.86. The summed E-state index contributed by atoms with van der Waals surface area (Å²) in [7, 11) is 0. The number of imidazole rings is 1. The van der Waals surface area contributed by atoms with Crippen LogP contribution in [0, 0.1) is 6.92 Å². The average Bonchev–Trinajstić information content (AvgIpc) is 3.20. The third-order valence-corrected chi connectivity index (χ3v) is 4.89. The molecule has 4 rings (SSSR count). The Hall–Kier alpha value is -2.21. The highest BCUT2D eigenvalue weighted by molar-refractivity contribution is 7.09.